The molecule has 0 aliphatic rings. The Morgan fingerprint density at radius 3 is 0.457 bits per heavy atom. The highest BCUT2D eigenvalue weighted by Crippen LogP contribution is 2.44. The Hall–Kier alpha value is -0.140. The first kappa shape index (κ1) is 123. The molecule has 0 saturated heterocycles. The molecule has 0 radical (unpaired) electrons. The molecule has 648 valence electrons. The van der Waals surface area contributed by atoms with E-state index in [1.54, 1.807) is 0 Å². The maximum atomic E-state index is 13.4. The molecule has 0 aromatic rings. The van der Waals surface area contributed by atoms with Gasteiger partial charge in [0.05, 0.1) is 0 Å². The van der Waals surface area contributed by atoms with Crippen molar-refractivity contribution < 1.29 is 8.78 Å². The van der Waals surface area contributed by atoms with Crippen LogP contribution in [0.1, 0.15) is 537 Å². The second kappa shape index (κ2) is 48.3. The molecule has 0 rings (SSSR count). The number of alkyl halides is 2. The zero-order valence-electron chi connectivity index (χ0n) is 86.5. The van der Waals surface area contributed by atoms with E-state index in [0.717, 1.165) is 23.7 Å². The fourth-order valence-corrected chi connectivity index (χ4v) is 12.4. The van der Waals surface area contributed by atoms with Crippen molar-refractivity contribution in [2.75, 3.05) is 0 Å². The van der Waals surface area contributed by atoms with Crippen molar-refractivity contribution >= 4 is 0 Å². The summed E-state index contributed by atoms with van der Waals surface area (Å²) in [6, 6.07) is 0. The number of rotatable bonds is 16. The molecule has 2 heteroatoms. The lowest BCUT2D eigenvalue weighted by molar-refractivity contribution is -0.0658. The maximum absolute atomic E-state index is 13.4. The minimum atomic E-state index is -2.53. The van der Waals surface area contributed by atoms with Crippen molar-refractivity contribution in [1.82, 2.24) is 0 Å². The summed E-state index contributed by atoms with van der Waals surface area (Å²) in [5, 5.41) is 0. The van der Waals surface area contributed by atoms with Gasteiger partial charge < -0.3 is 0 Å². The molecule has 0 saturated carbocycles. The molecule has 0 aliphatic carbocycles. The van der Waals surface area contributed by atoms with Gasteiger partial charge in [-0.1, -0.05) is 435 Å². The van der Waals surface area contributed by atoms with Gasteiger partial charge in [-0.3, -0.25) is 0 Å². The molecule has 0 amide bonds. The average molecular weight is 1500 g/mol. The second-order valence-electron chi connectivity index (χ2n) is 56.7. The van der Waals surface area contributed by atoms with Crippen molar-refractivity contribution in [2.24, 2.45) is 127 Å². The monoisotopic (exact) mass is 1500 g/mol. The fraction of sp³-hybridized carbons (Fsp3) is 1.00. The van der Waals surface area contributed by atoms with Gasteiger partial charge in [0.15, 0.2) is 0 Å². The quantitative estimate of drug-likeness (QED) is 0.135. The van der Waals surface area contributed by atoms with Crippen LogP contribution >= 0.6 is 0 Å². The first-order valence-corrected chi connectivity index (χ1v) is 43.8. The van der Waals surface area contributed by atoms with Gasteiger partial charge in [-0.05, 0) is 216 Å². The Kier molecular flexibility index (Phi) is 56.6. The molecular formula is C103H222F2. The van der Waals surface area contributed by atoms with E-state index in [1.807, 2.05) is 41.5 Å². The molecule has 0 bridgehead atoms. The minimum Gasteiger partial charge on any atom is -0.207 e. The summed E-state index contributed by atoms with van der Waals surface area (Å²) in [5.41, 5.74) is 7.73. The predicted molar refractivity (Wildman–Crippen MR) is 493 cm³/mol. The lowest BCUT2D eigenvalue weighted by Crippen LogP contribution is -2.29. The van der Waals surface area contributed by atoms with E-state index >= 15 is 0 Å². The Morgan fingerprint density at radius 1 is 0.171 bits per heavy atom. The summed E-state index contributed by atoms with van der Waals surface area (Å²) in [6.07, 6.45) is 22.8. The lowest BCUT2D eigenvalue weighted by Gasteiger charge is -2.37. The molecule has 0 heterocycles. The normalized spacial score (nSPS) is 15.1. The van der Waals surface area contributed by atoms with Gasteiger partial charge in [0.1, 0.15) is 0 Å². The van der Waals surface area contributed by atoms with Gasteiger partial charge in [-0.2, -0.15) is 0 Å². The fourth-order valence-electron chi connectivity index (χ4n) is 12.4. The first-order valence-electron chi connectivity index (χ1n) is 43.8. The van der Waals surface area contributed by atoms with Crippen LogP contribution < -0.4 is 0 Å². The smallest absolute Gasteiger partial charge is 0.207 e. The van der Waals surface area contributed by atoms with Gasteiger partial charge in [0.25, 0.3) is 0 Å². The van der Waals surface area contributed by atoms with Gasteiger partial charge in [-0.25, -0.2) is 8.78 Å². The topological polar surface area (TPSA) is 0 Å². The van der Waals surface area contributed by atoms with Crippen LogP contribution in [0.2, 0.25) is 0 Å². The standard InChI is InChI=1S/C13H28.3C12H26.C11H22F2.3C11H24.C10H22/c1-11(2,3)9-13(7,8)10-12(4,5)6;2*1-10(12(5,6)7)8-9-11(2,3)4;1-11(2,3)9-7-8-10-12(4,5)6;1-9(2,3)7-11(12,13)8-10(4,5)6;2*1-9(11(5,6)7)8-10(2,3)4;1-10(2,3)8-7-9-11(4,5)6;1-9(2,3)7-8-10(4,5)6/h9-10H2,1-8H3;2*10H,8-9H2,1-7H3;7-10H2,1-6H3;7-8H2,1-6H3;2*9H,8H2,1-7H3;7-9H2,1-6H3;7-8H2,1-6H3/t;2*10-;;;2*9-;;/m.10..10../s1. The molecule has 0 aromatic carbocycles. The molecule has 105 heavy (non-hydrogen) atoms. The van der Waals surface area contributed by atoms with Crippen molar-refractivity contribution in [2.45, 2.75) is 543 Å². The summed E-state index contributed by atoms with van der Waals surface area (Å²) in [6.45, 7) is 137. The number of hydrogen-bond donors (Lipinski definition) is 0. The van der Waals surface area contributed by atoms with Crippen LogP contribution in [0.4, 0.5) is 8.78 Å². The summed E-state index contributed by atoms with van der Waals surface area (Å²) < 4.78 is 26.8. The molecule has 0 spiro atoms. The average Bonchev–Trinajstić information content (AvgIpc) is 0.868. The van der Waals surface area contributed by atoms with E-state index in [1.165, 1.54) is 109 Å². The zero-order chi connectivity index (χ0) is 87.7. The van der Waals surface area contributed by atoms with Gasteiger partial charge in [-0.15, -0.1) is 0 Å². The zero-order valence-corrected chi connectivity index (χ0v) is 86.5. The Labute approximate surface area is 674 Å². The summed E-state index contributed by atoms with van der Waals surface area (Å²) >= 11 is 0. The molecule has 0 aromatic heterocycles. The van der Waals surface area contributed by atoms with Gasteiger partial charge in [0, 0.05) is 12.8 Å². The third-order valence-corrected chi connectivity index (χ3v) is 19.6. The largest absolute Gasteiger partial charge is 0.249 e. The number of halogens is 2. The van der Waals surface area contributed by atoms with Crippen molar-refractivity contribution in [3.63, 3.8) is 0 Å². The SMILES string of the molecule is CC(C)(C)CC(C)(C)CC(C)(C)C.CC(C)(C)CC(F)(F)CC(C)(C)C.CC(C)(C)CCC(C)(C)C.CC(C)(C)CCCC(C)(C)C.CC(C)(C)CCCCC(C)(C)C.C[C@@H](CC(C)(C)C)C(C)(C)C.C[C@@H](CCC(C)(C)C)C(C)(C)C.C[C@H](CC(C)(C)C)C(C)(C)C.C[C@H](CCC(C)(C)C)C(C)(C)C. The van der Waals surface area contributed by atoms with Crippen LogP contribution in [-0.4, -0.2) is 5.92 Å². The Balaban J connectivity index is -0.000000141. The van der Waals surface area contributed by atoms with Crippen molar-refractivity contribution in [3.05, 3.63) is 0 Å². The summed E-state index contributed by atoms with van der Waals surface area (Å²) in [4.78, 5) is 0. The highest BCUT2D eigenvalue weighted by molar-refractivity contribution is 4.83. The predicted octanol–water partition coefficient (Wildman–Crippen LogP) is 39.3. The van der Waals surface area contributed by atoms with Crippen LogP contribution in [0.25, 0.3) is 0 Å². The Bertz CT molecular complexity index is 1840. The van der Waals surface area contributed by atoms with E-state index in [9.17, 15) is 8.78 Å². The molecule has 4 atom stereocenters. The van der Waals surface area contributed by atoms with Crippen LogP contribution in [0.15, 0.2) is 0 Å². The van der Waals surface area contributed by atoms with Crippen LogP contribution in [0, 0.1) is 127 Å². The van der Waals surface area contributed by atoms with Gasteiger partial charge >= 0.3 is 0 Å². The second-order valence-corrected chi connectivity index (χ2v) is 56.7. The molecule has 0 fully saturated rings. The highest BCUT2D eigenvalue weighted by atomic mass is 19.3. The third-order valence-electron chi connectivity index (χ3n) is 19.6. The molecule has 0 N–H and O–H groups in total. The highest BCUT2D eigenvalue weighted by Gasteiger charge is 2.38. The van der Waals surface area contributed by atoms with Crippen LogP contribution in [0.5, 0.6) is 0 Å². The Morgan fingerprint density at radius 2 is 0.333 bits per heavy atom. The lowest BCUT2D eigenvalue weighted by atomic mass is 9.69. The number of unbranched alkanes of at least 4 members (excludes halogenated alkanes) is 1. The molecule has 0 aliphatic heterocycles. The third kappa shape index (κ3) is 122. The summed E-state index contributed by atoms with van der Waals surface area (Å²) in [7, 11) is 0. The molecule has 0 unspecified atom stereocenters. The van der Waals surface area contributed by atoms with Gasteiger partial charge in [0.2, 0.25) is 5.92 Å². The van der Waals surface area contributed by atoms with E-state index < -0.39 is 5.92 Å². The number of hydrogen-bond acceptors (Lipinski definition) is 0. The van der Waals surface area contributed by atoms with E-state index in [2.05, 4.69) is 374 Å². The van der Waals surface area contributed by atoms with E-state index in [4.69, 9.17) is 0 Å². The summed E-state index contributed by atoms with van der Waals surface area (Å²) in [5.74, 6) is 0.745. The van der Waals surface area contributed by atoms with Crippen molar-refractivity contribution in [3.8, 4) is 0 Å². The first-order chi connectivity index (χ1) is 44.5. The molecular weight excluding hydrogens is 1280 g/mol. The maximum Gasteiger partial charge on any atom is 0.249 e. The van der Waals surface area contributed by atoms with E-state index in [0.29, 0.717) is 92.1 Å². The van der Waals surface area contributed by atoms with Crippen LogP contribution in [0.3, 0.4) is 0 Å². The molecule has 0 nitrogen and oxygen atoms in total. The van der Waals surface area contributed by atoms with Crippen molar-refractivity contribution in [1.29, 1.82) is 0 Å². The minimum absolute atomic E-state index is 0.0305. The van der Waals surface area contributed by atoms with Crippen LogP contribution in [-0.2, 0) is 0 Å². The van der Waals surface area contributed by atoms with E-state index in [-0.39, 0.29) is 23.7 Å².